The van der Waals surface area contributed by atoms with Gasteiger partial charge in [-0.05, 0) is 37.6 Å². The van der Waals surface area contributed by atoms with E-state index in [0.29, 0.717) is 0 Å². The molecule has 1 N–H and O–H groups in total. The van der Waals surface area contributed by atoms with Crippen molar-refractivity contribution in [1.29, 1.82) is 0 Å². The van der Waals surface area contributed by atoms with E-state index in [4.69, 9.17) is 11.6 Å². The van der Waals surface area contributed by atoms with Crippen LogP contribution in [0.4, 0.5) is 11.5 Å². The molecule has 0 spiro atoms. The summed E-state index contributed by atoms with van der Waals surface area (Å²) in [6, 6.07) is 13.9. The summed E-state index contributed by atoms with van der Waals surface area (Å²) in [5.41, 5.74) is 3.08. The minimum Gasteiger partial charge on any atom is -0.340 e. The quantitative estimate of drug-likeness (QED) is 0.811. The lowest BCUT2D eigenvalue weighted by Gasteiger charge is -2.13. The SMILES string of the molecule is Cc1cccc(Nc2ccccc2C(C)Cl)n1. The van der Waals surface area contributed by atoms with Crippen LogP contribution in [0.5, 0.6) is 0 Å². The zero-order chi connectivity index (χ0) is 12.3. The van der Waals surface area contributed by atoms with Gasteiger partial charge in [0.2, 0.25) is 0 Å². The summed E-state index contributed by atoms with van der Waals surface area (Å²) in [7, 11) is 0. The van der Waals surface area contributed by atoms with Crippen LogP contribution in [0.1, 0.15) is 23.6 Å². The normalized spacial score (nSPS) is 12.2. The fraction of sp³-hybridized carbons (Fsp3) is 0.214. The van der Waals surface area contributed by atoms with E-state index in [2.05, 4.69) is 10.3 Å². The number of halogens is 1. The van der Waals surface area contributed by atoms with Crippen LogP contribution in [0.15, 0.2) is 42.5 Å². The molecule has 88 valence electrons. The number of hydrogen-bond donors (Lipinski definition) is 1. The van der Waals surface area contributed by atoms with Crippen LogP contribution in [0.25, 0.3) is 0 Å². The number of nitrogens with one attached hydrogen (secondary N) is 1. The van der Waals surface area contributed by atoms with Gasteiger partial charge in [0.1, 0.15) is 5.82 Å². The summed E-state index contributed by atoms with van der Waals surface area (Å²) in [6.07, 6.45) is 0. The monoisotopic (exact) mass is 246 g/mol. The van der Waals surface area contributed by atoms with Gasteiger partial charge in [0, 0.05) is 11.4 Å². The number of nitrogens with zero attached hydrogens (tertiary/aromatic N) is 1. The van der Waals surface area contributed by atoms with E-state index in [-0.39, 0.29) is 5.38 Å². The minimum absolute atomic E-state index is 0.0245. The molecule has 1 atom stereocenters. The van der Waals surface area contributed by atoms with E-state index < -0.39 is 0 Å². The summed E-state index contributed by atoms with van der Waals surface area (Å²) in [5.74, 6) is 0.842. The lowest BCUT2D eigenvalue weighted by atomic mass is 10.1. The van der Waals surface area contributed by atoms with Gasteiger partial charge in [-0.2, -0.15) is 0 Å². The van der Waals surface area contributed by atoms with Gasteiger partial charge >= 0.3 is 0 Å². The van der Waals surface area contributed by atoms with E-state index in [1.165, 1.54) is 0 Å². The summed E-state index contributed by atoms with van der Waals surface area (Å²) in [6.45, 7) is 3.94. The Bertz CT molecular complexity index is 509. The fourth-order valence-electron chi connectivity index (χ4n) is 1.71. The van der Waals surface area contributed by atoms with Crippen molar-refractivity contribution in [3.63, 3.8) is 0 Å². The van der Waals surface area contributed by atoms with Gasteiger partial charge in [-0.3, -0.25) is 0 Å². The Labute approximate surface area is 107 Å². The third kappa shape index (κ3) is 2.98. The molecule has 0 aliphatic carbocycles. The molecular weight excluding hydrogens is 232 g/mol. The fourth-order valence-corrected chi connectivity index (χ4v) is 1.90. The molecule has 0 saturated heterocycles. The molecule has 1 aromatic carbocycles. The van der Waals surface area contributed by atoms with E-state index in [1.807, 2.05) is 56.3 Å². The Morgan fingerprint density at radius 3 is 2.59 bits per heavy atom. The Morgan fingerprint density at radius 1 is 1.12 bits per heavy atom. The first-order valence-corrected chi connectivity index (χ1v) is 6.04. The Kier molecular flexibility index (Phi) is 3.64. The lowest BCUT2D eigenvalue weighted by Crippen LogP contribution is -1.98. The molecule has 0 aliphatic heterocycles. The standard InChI is InChI=1S/C14H15ClN2/c1-10-6-5-9-14(16-10)17-13-8-4-3-7-12(13)11(2)15/h3-9,11H,1-2H3,(H,16,17). The van der Waals surface area contributed by atoms with Gasteiger partial charge in [-0.25, -0.2) is 4.98 Å². The van der Waals surface area contributed by atoms with Crippen molar-refractivity contribution in [2.45, 2.75) is 19.2 Å². The first-order valence-electron chi connectivity index (χ1n) is 5.60. The molecule has 0 amide bonds. The molecule has 1 heterocycles. The van der Waals surface area contributed by atoms with Crippen LogP contribution in [-0.2, 0) is 0 Å². The molecule has 0 aliphatic rings. The molecule has 2 rings (SSSR count). The Morgan fingerprint density at radius 2 is 1.88 bits per heavy atom. The number of aromatic nitrogens is 1. The van der Waals surface area contributed by atoms with Crippen LogP contribution >= 0.6 is 11.6 Å². The zero-order valence-electron chi connectivity index (χ0n) is 9.94. The predicted molar refractivity (Wildman–Crippen MR) is 73.0 cm³/mol. The maximum Gasteiger partial charge on any atom is 0.130 e. The molecule has 1 aromatic heterocycles. The van der Waals surface area contributed by atoms with Crippen molar-refractivity contribution in [1.82, 2.24) is 4.98 Å². The molecule has 0 fully saturated rings. The van der Waals surface area contributed by atoms with E-state index in [9.17, 15) is 0 Å². The maximum atomic E-state index is 6.15. The van der Waals surface area contributed by atoms with Gasteiger partial charge in [-0.1, -0.05) is 24.3 Å². The van der Waals surface area contributed by atoms with Gasteiger partial charge in [-0.15, -0.1) is 11.6 Å². The van der Waals surface area contributed by atoms with Crippen molar-refractivity contribution < 1.29 is 0 Å². The van der Waals surface area contributed by atoms with E-state index >= 15 is 0 Å². The van der Waals surface area contributed by atoms with Gasteiger partial charge in [0.15, 0.2) is 0 Å². The lowest BCUT2D eigenvalue weighted by molar-refractivity contribution is 1.08. The highest BCUT2D eigenvalue weighted by Gasteiger charge is 2.07. The minimum atomic E-state index is -0.0245. The van der Waals surface area contributed by atoms with E-state index in [1.54, 1.807) is 0 Å². The third-order valence-corrected chi connectivity index (χ3v) is 2.78. The molecule has 0 bridgehead atoms. The number of aryl methyl sites for hydroxylation is 1. The Balaban J connectivity index is 2.30. The molecule has 1 unspecified atom stereocenters. The van der Waals surface area contributed by atoms with Crippen LogP contribution in [-0.4, -0.2) is 4.98 Å². The topological polar surface area (TPSA) is 24.9 Å². The van der Waals surface area contributed by atoms with Crippen molar-refractivity contribution in [3.05, 3.63) is 53.7 Å². The van der Waals surface area contributed by atoms with Crippen LogP contribution in [0.3, 0.4) is 0 Å². The zero-order valence-corrected chi connectivity index (χ0v) is 10.7. The second kappa shape index (κ2) is 5.19. The molecule has 17 heavy (non-hydrogen) atoms. The number of alkyl halides is 1. The highest BCUT2D eigenvalue weighted by Crippen LogP contribution is 2.28. The van der Waals surface area contributed by atoms with Gasteiger partial charge in [0.05, 0.1) is 5.38 Å². The highest BCUT2D eigenvalue weighted by molar-refractivity contribution is 6.21. The summed E-state index contributed by atoms with van der Waals surface area (Å²) in [4.78, 5) is 4.41. The number of hydrogen-bond acceptors (Lipinski definition) is 2. The van der Waals surface area contributed by atoms with Crippen LogP contribution in [0.2, 0.25) is 0 Å². The van der Waals surface area contributed by atoms with Crippen molar-refractivity contribution in [2.75, 3.05) is 5.32 Å². The molecular formula is C14H15ClN2. The average molecular weight is 247 g/mol. The summed E-state index contributed by atoms with van der Waals surface area (Å²) in [5, 5.41) is 3.27. The number of rotatable bonds is 3. The number of anilines is 2. The molecule has 0 saturated carbocycles. The number of para-hydroxylation sites is 1. The Hall–Kier alpha value is -1.54. The van der Waals surface area contributed by atoms with Crippen molar-refractivity contribution in [2.24, 2.45) is 0 Å². The molecule has 2 nitrogen and oxygen atoms in total. The van der Waals surface area contributed by atoms with Crippen molar-refractivity contribution in [3.8, 4) is 0 Å². The maximum absolute atomic E-state index is 6.15. The summed E-state index contributed by atoms with van der Waals surface area (Å²) < 4.78 is 0. The molecule has 3 heteroatoms. The van der Waals surface area contributed by atoms with Crippen LogP contribution < -0.4 is 5.32 Å². The second-order valence-corrected chi connectivity index (χ2v) is 4.65. The largest absolute Gasteiger partial charge is 0.340 e. The molecule has 0 radical (unpaired) electrons. The van der Waals surface area contributed by atoms with Gasteiger partial charge < -0.3 is 5.32 Å². The van der Waals surface area contributed by atoms with E-state index in [0.717, 1.165) is 22.8 Å². The predicted octanol–water partition coefficient (Wildman–Crippen LogP) is 4.43. The van der Waals surface area contributed by atoms with Gasteiger partial charge in [0.25, 0.3) is 0 Å². The average Bonchev–Trinajstić information content (AvgIpc) is 2.29. The summed E-state index contributed by atoms with van der Waals surface area (Å²) >= 11 is 6.15. The molecule has 2 aromatic rings. The first-order chi connectivity index (χ1) is 8.16. The number of pyridine rings is 1. The first kappa shape index (κ1) is 11.9. The van der Waals surface area contributed by atoms with Crippen LogP contribution in [0, 0.1) is 6.92 Å². The second-order valence-electron chi connectivity index (χ2n) is 3.99. The number of benzene rings is 1. The smallest absolute Gasteiger partial charge is 0.130 e. The highest BCUT2D eigenvalue weighted by atomic mass is 35.5. The third-order valence-electron chi connectivity index (χ3n) is 2.54. The van der Waals surface area contributed by atoms with Crippen molar-refractivity contribution >= 4 is 23.1 Å².